The molecule has 1 aliphatic rings. The Morgan fingerprint density at radius 1 is 1.47 bits per heavy atom. The highest BCUT2D eigenvalue weighted by Crippen LogP contribution is 2.29. The van der Waals surface area contributed by atoms with Crippen LogP contribution in [0.1, 0.15) is 30.9 Å². The third-order valence-electron chi connectivity index (χ3n) is 3.69. The van der Waals surface area contributed by atoms with Crippen LogP contribution in [-0.4, -0.2) is 30.9 Å². The van der Waals surface area contributed by atoms with Crippen LogP contribution < -0.4 is 10.1 Å². The van der Waals surface area contributed by atoms with E-state index in [0.29, 0.717) is 12.5 Å². The molecule has 3 nitrogen and oxygen atoms in total. The van der Waals surface area contributed by atoms with E-state index in [0.717, 1.165) is 38.1 Å². The van der Waals surface area contributed by atoms with Gasteiger partial charge in [0, 0.05) is 19.6 Å². The Morgan fingerprint density at radius 2 is 2.32 bits per heavy atom. The predicted octanol–water partition coefficient (Wildman–Crippen LogP) is 2.30. The fourth-order valence-electron chi connectivity index (χ4n) is 2.49. The Labute approximate surface area is 116 Å². The average molecular weight is 263 g/mol. The Balaban J connectivity index is 1.64. The monoisotopic (exact) mass is 263 g/mol. The van der Waals surface area contributed by atoms with Crippen molar-refractivity contribution in [3.63, 3.8) is 0 Å². The number of hydrogen-bond acceptors (Lipinski definition) is 3. The third-order valence-corrected chi connectivity index (χ3v) is 3.69. The van der Waals surface area contributed by atoms with E-state index in [2.05, 4.69) is 37.4 Å². The molecule has 2 unspecified atom stereocenters. The number of rotatable bonds is 7. The molecule has 0 fully saturated rings. The highest BCUT2D eigenvalue weighted by Gasteiger charge is 2.22. The summed E-state index contributed by atoms with van der Waals surface area (Å²) in [5, 5.41) is 12.4. The topological polar surface area (TPSA) is 41.5 Å². The number of aliphatic hydroxyl groups excluding tert-OH is 1. The summed E-state index contributed by atoms with van der Waals surface area (Å²) < 4.78 is 5.91. The van der Waals surface area contributed by atoms with Crippen molar-refractivity contribution in [2.24, 2.45) is 5.92 Å². The van der Waals surface area contributed by atoms with E-state index in [1.54, 1.807) is 0 Å². The molecule has 1 heterocycles. The summed E-state index contributed by atoms with van der Waals surface area (Å²) in [4.78, 5) is 0. The lowest BCUT2D eigenvalue weighted by Crippen LogP contribution is -2.30. The Morgan fingerprint density at radius 3 is 3.11 bits per heavy atom. The summed E-state index contributed by atoms with van der Waals surface area (Å²) in [6.07, 6.45) is 3.47. The lowest BCUT2D eigenvalue weighted by atomic mass is 10.1. The Hall–Kier alpha value is -1.06. The van der Waals surface area contributed by atoms with Crippen molar-refractivity contribution in [3.05, 3.63) is 29.3 Å². The molecule has 0 bridgehead atoms. The molecule has 0 aromatic heterocycles. The molecule has 106 valence electrons. The smallest absolute Gasteiger partial charge is 0.123 e. The first kappa shape index (κ1) is 14.4. The molecule has 2 N–H and O–H groups in total. The van der Waals surface area contributed by atoms with Crippen molar-refractivity contribution in [2.75, 3.05) is 19.7 Å². The quantitative estimate of drug-likeness (QED) is 0.742. The summed E-state index contributed by atoms with van der Waals surface area (Å²) in [7, 11) is 0. The maximum absolute atomic E-state index is 8.95. The van der Waals surface area contributed by atoms with E-state index in [1.807, 2.05) is 0 Å². The van der Waals surface area contributed by atoms with Crippen LogP contribution >= 0.6 is 0 Å². The van der Waals surface area contributed by atoms with Crippen molar-refractivity contribution in [3.8, 4) is 5.75 Å². The van der Waals surface area contributed by atoms with Gasteiger partial charge in [0.1, 0.15) is 11.9 Å². The van der Waals surface area contributed by atoms with E-state index in [-0.39, 0.29) is 6.10 Å². The standard InChI is InChI=1S/C16H25NO2/c1-12-5-6-16-14(8-12)9-15(19-16)10-17-7-3-4-13(2)11-18/h5-6,8,13,15,17-18H,3-4,7,9-11H2,1-2H3. The third kappa shape index (κ3) is 4.22. The van der Waals surface area contributed by atoms with Crippen molar-refractivity contribution in [1.82, 2.24) is 5.32 Å². The molecule has 3 heteroatoms. The van der Waals surface area contributed by atoms with Gasteiger partial charge in [-0.3, -0.25) is 0 Å². The van der Waals surface area contributed by atoms with Crippen LogP contribution in [0.2, 0.25) is 0 Å². The fraction of sp³-hybridized carbons (Fsp3) is 0.625. The zero-order valence-corrected chi connectivity index (χ0v) is 12.0. The van der Waals surface area contributed by atoms with Crippen molar-refractivity contribution < 1.29 is 9.84 Å². The summed E-state index contributed by atoms with van der Waals surface area (Å²) >= 11 is 0. The summed E-state index contributed by atoms with van der Waals surface area (Å²) in [5.41, 5.74) is 2.63. The van der Waals surface area contributed by atoms with Crippen LogP contribution in [0.25, 0.3) is 0 Å². The highest BCUT2D eigenvalue weighted by atomic mass is 16.5. The molecular formula is C16H25NO2. The van der Waals surface area contributed by atoms with Gasteiger partial charge >= 0.3 is 0 Å². The summed E-state index contributed by atoms with van der Waals surface area (Å²) in [6.45, 7) is 6.40. The van der Waals surface area contributed by atoms with Gasteiger partial charge in [0.25, 0.3) is 0 Å². The molecule has 0 aliphatic carbocycles. The van der Waals surface area contributed by atoms with Gasteiger partial charge in [-0.1, -0.05) is 24.6 Å². The minimum atomic E-state index is 0.270. The van der Waals surface area contributed by atoms with Crippen molar-refractivity contribution in [1.29, 1.82) is 0 Å². The van der Waals surface area contributed by atoms with E-state index >= 15 is 0 Å². The van der Waals surface area contributed by atoms with Crippen LogP contribution in [0.3, 0.4) is 0 Å². The largest absolute Gasteiger partial charge is 0.488 e. The van der Waals surface area contributed by atoms with Crippen molar-refractivity contribution >= 4 is 0 Å². The number of ether oxygens (including phenoxy) is 1. The van der Waals surface area contributed by atoms with Crippen molar-refractivity contribution in [2.45, 2.75) is 39.2 Å². The fourth-order valence-corrected chi connectivity index (χ4v) is 2.49. The highest BCUT2D eigenvalue weighted by molar-refractivity contribution is 5.40. The molecular weight excluding hydrogens is 238 g/mol. The molecule has 0 saturated heterocycles. The normalized spacial score (nSPS) is 19.0. The first-order chi connectivity index (χ1) is 9.19. The molecule has 0 amide bonds. The number of nitrogens with one attached hydrogen (secondary N) is 1. The van der Waals surface area contributed by atoms with Gasteiger partial charge in [0.2, 0.25) is 0 Å². The number of aliphatic hydroxyl groups is 1. The first-order valence-corrected chi connectivity index (χ1v) is 7.27. The molecule has 1 aromatic carbocycles. The molecule has 0 saturated carbocycles. The number of benzene rings is 1. The summed E-state index contributed by atoms with van der Waals surface area (Å²) in [6, 6.07) is 6.40. The molecule has 2 atom stereocenters. The van der Waals surface area contributed by atoms with E-state index in [1.165, 1.54) is 11.1 Å². The van der Waals surface area contributed by atoms with Gasteiger partial charge in [-0.15, -0.1) is 0 Å². The number of aryl methyl sites for hydroxylation is 1. The maximum atomic E-state index is 8.95. The number of fused-ring (bicyclic) bond motifs is 1. The van der Waals surface area contributed by atoms with E-state index in [9.17, 15) is 0 Å². The first-order valence-electron chi connectivity index (χ1n) is 7.27. The van der Waals surface area contributed by atoms with Crippen LogP contribution in [0, 0.1) is 12.8 Å². The predicted molar refractivity (Wildman–Crippen MR) is 77.7 cm³/mol. The SMILES string of the molecule is Cc1ccc2c(c1)CC(CNCCCC(C)CO)O2. The van der Waals surface area contributed by atoms with Crippen LogP contribution in [0.5, 0.6) is 5.75 Å². The Bertz CT molecular complexity index is 406. The van der Waals surface area contributed by atoms with Gasteiger partial charge < -0.3 is 15.2 Å². The molecule has 2 rings (SSSR count). The lowest BCUT2D eigenvalue weighted by molar-refractivity contribution is 0.219. The van der Waals surface area contributed by atoms with E-state index in [4.69, 9.17) is 9.84 Å². The molecule has 1 aromatic rings. The molecule has 0 radical (unpaired) electrons. The maximum Gasteiger partial charge on any atom is 0.123 e. The molecule has 0 spiro atoms. The van der Waals surface area contributed by atoms with Gasteiger partial charge in [-0.25, -0.2) is 0 Å². The number of hydrogen-bond donors (Lipinski definition) is 2. The molecule has 19 heavy (non-hydrogen) atoms. The van der Waals surface area contributed by atoms with E-state index < -0.39 is 0 Å². The molecule has 1 aliphatic heterocycles. The second-order valence-corrected chi connectivity index (χ2v) is 5.69. The van der Waals surface area contributed by atoms with Gasteiger partial charge in [-0.05, 0) is 43.9 Å². The second kappa shape index (κ2) is 6.92. The zero-order valence-electron chi connectivity index (χ0n) is 12.0. The van der Waals surface area contributed by atoms with Crippen LogP contribution in [0.4, 0.5) is 0 Å². The Kier molecular flexibility index (Phi) is 5.23. The minimum Gasteiger partial charge on any atom is -0.488 e. The van der Waals surface area contributed by atoms with Crippen LogP contribution in [-0.2, 0) is 6.42 Å². The van der Waals surface area contributed by atoms with Gasteiger partial charge in [0.05, 0.1) is 0 Å². The second-order valence-electron chi connectivity index (χ2n) is 5.69. The van der Waals surface area contributed by atoms with Crippen LogP contribution in [0.15, 0.2) is 18.2 Å². The zero-order chi connectivity index (χ0) is 13.7. The minimum absolute atomic E-state index is 0.270. The summed E-state index contributed by atoms with van der Waals surface area (Å²) in [5.74, 6) is 1.46. The van der Waals surface area contributed by atoms with Gasteiger partial charge in [-0.2, -0.15) is 0 Å². The van der Waals surface area contributed by atoms with Gasteiger partial charge in [0.15, 0.2) is 0 Å². The average Bonchev–Trinajstić information content (AvgIpc) is 2.79. The lowest BCUT2D eigenvalue weighted by Gasteiger charge is -2.12.